The van der Waals surface area contributed by atoms with Crippen LogP contribution in [0.3, 0.4) is 0 Å². The summed E-state index contributed by atoms with van der Waals surface area (Å²) in [4.78, 5) is 8.26. The van der Waals surface area contributed by atoms with Gasteiger partial charge in [-0.25, -0.2) is 4.98 Å². The molecule has 0 aliphatic rings. The topological polar surface area (TPSA) is 42.2 Å². The smallest absolute Gasteiger partial charge is 0.186 e. The van der Waals surface area contributed by atoms with E-state index in [-0.39, 0.29) is 0 Å². The number of nitrogens with zero attached hydrogens (tertiary/aromatic N) is 2. The third-order valence-corrected chi connectivity index (χ3v) is 4.24. The van der Waals surface area contributed by atoms with Crippen LogP contribution in [0.15, 0.2) is 30.3 Å². The molecule has 2 rings (SSSR count). The van der Waals surface area contributed by atoms with E-state index in [1.54, 1.807) is 11.3 Å². The number of nitrogens with two attached hydrogens (primary N) is 1. The maximum Gasteiger partial charge on any atom is 0.186 e. The Bertz CT molecular complexity index is 519. The lowest BCUT2D eigenvalue weighted by molar-refractivity contribution is 0.701. The Labute approximate surface area is 119 Å². The van der Waals surface area contributed by atoms with Gasteiger partial charge >= 0.3 is 0 Å². The summed E-state index contributed by atoms with van der Waals surface area (Å²) in [6, 6.07) is 10.7. The fourth-order valence-electron chi connectivity index (χ4n) is 2.14. The van der Waals surface area contributed by atoms with Crippen LogP contribution < -0.4 is 10.6 Å². The fourth-order valence-corrected chi connectivity index (χ4v) is 3.30. The van der Waals surface area contributed by atoms with E-state index < -0.39 is 0 Å². The minimum Gasteiger partial charge on any atom is -0.346 e. The van der Waals surface area contributed by atoms with E-state index in [1.807, 2.05) is 18.2 Å². The maximum atomic E-state index is 5.87. The van der Waals surface area contributed by atoms with Crippen molar-refractivity contribution >= 4 is 16.5 Å². The van der Waals surface area contributed by atoms with E-state index in [2.05, 4.69) is 37.8 Å². The van der Waals surface area contributed by atoms with E-state index >= 15 is 0 Å². The second-order valence-corrected chi connectivity index (χ2v) is 5.78. The van der Waals surface area contributed by atoms with Crippen molar-refractivity contribution < 1.29 is 0 Å². The average molecular weight is 275 g/mol. The number of hydrogen-bond donors (Lipinski definition) is 1. The minimum atomic E-state index is 0.449. The van der Waals surface area contributed by atoms with E-state index in [9.17, 15) is 0 Å². The molecule has 0 aliphatic carbocycles. The molecule has 4 heteroatoms. The quantitative estimate of drug-likeness (QED) is 0.908. The van der Waals surface area contributed by atoms with Crippen LogP contribution >= 0.6 is 11.3 Å². The molecule has 0 unspecified atom stereocenters. The van der Waals surface area contributed by atoms with E-state index in [0.29, 0.717) is 12.6 Å². The van der Waals surface area contributed by atoms with Gasteiger partial charge in [0.25, 0.3) is 0 Å². The number of anilines is 1. The lowest BCUT2D eigenvalue weighted by Gasteiger charge is -2.24. The van der Waals surface area contributed by atoms with Crippen molar-refractivity contribution in [3.63, 3.8) is 0 Å². The second kappa shape index (κ2) is 6.17. The van der Waals surface area contributed by atoms with Crippen LogP contribution in [0.2, 0.25) is 0 Å². The third kappa shape index (κ3) is 2.96. The van der Waals surface area contributed by atoms with Crippen LogP contribution in [-0.4, -0.2) is 17.6 Å². The molecule has 2 N–H and O–H groups in total. The molecular formula is C15H21N3S. The molecule has 102 valence electrons. The van der Waals surface area contributed by atoms with Crippen molar-refractivity contribution in [3.8, 4) is 11.3 Å². The molecule has 1 heterocycles. The molecule has 0 fully saturated rings. The van der Waals surface area contributed by atoms with Crippen molar-refractivity contribution in [2.24, 2.45) is 5.73 Å². The Morgan fingerprint density at radius 2 is 1.95 bits per heavy atom. The van der Waals surface area contributed by atoms with Gasteiger partial charge in [0.2, 0.25) is 0 Å². The molecule has 0 atom stereocenters. The maximum absolute atomic E-state index is 5.87. The number of thiazole rings is 1. The molecule has 3 nitrogen and oxygen atoms in total. The largest absolute Gasteiger partial charge is 0.346 e. The zero-order valence-electron chi connectivity index (χ0n) is 11.8. The highest BCUT2D eigenvalue weighted by Crippen LogP contribution is 2.33. The number of aromatic nitrogens is 1. The number of rotatable bonds is 5. The van der Waals surface area contributed by atoms with Crippen molar-refractivity contribution in [1.82, 2.24) is 4.98 Å². The van der Waals surface area contributed by atoms with Crippen LogP contribution in [0.5, 0.6) is 0 Å². The molecule has 0 spiro atoms. The van der Waals surface area contributed by atoms with Gasteiger partial charge in [-0.05, 0) is 20.8 Å². The zero-order chi connectivity index (χ0) is 13.8. The van der Waals surface area contributed by atoms with Crippen molar-refractivity contribution in [1.29, 1.82) is 0 Å². The van der Waals surface area contributed by atoms with Crippen LogP contribution in [0.1, 0.15) is 25.6 Å². The average Bonchev–Trinajstić information content (AvgIpc) is 2.84. The van der Waals surface area contributed by atoms with Crippen molar-refractivity contribution in [3.05, 3.63) is 35.2 Å². The highest BCUT2D eigenvalue weighted by Gasteiger charge is 2.17. The van der Waals surface area contributed by atoms with Crippen LogP contribution in [0.4, 0.5) is 5.13 Å². The molecule has 0 saturated carbocycles. The lowest BCUT2D eigenvalue weighted by atomic mass is 10.1. The summed E-state index contributed by atoms with van der Waals surface area (Å²) < 4.78 is 0. The Hall–Kier alpha value is -1.39. The predicted molar refractivity (Wildman–Crippen MR) is 83.6 cm³/mol. The molecule has 0 aliphatic heterocycles. The molecule has 0 saturated heterocycles. The van der Waals surface area contributed by atoms with E-state index in [1.165, 1.54) is 0 Å². The van der Waals surface area contributed by atoms with Crippen LogP contribution in [0, 0.1) is 0 Å². The lowest BCUT2D eigenvalue weighted by Crippen LogP contribution is -2.30. The summed E-state index contributed by atoms with van der Waals surface area (Å²) in [5.41, 5.74) is 8.04. The first kappa shape index (κ1) is 14.0. The van der Waals surface area contributed by atoms with Gasteiger partial charge in [0, 0.05) is 29.6 Å². The first-order valence-corrected chi connectivity index (χ1v) is 7.50. The summed E-state index contributed by atoms with van der Waals surface area (Å²) in [6.45, 7) is 8.04. The SMILES string of the molecule is CCN(c1nc(-c2ccccc2)c(CN)s1)C(C)C. The van der Waals surface area contributed by atoms with Gasteiger partial charge < -0.3 is 10.6 Å². The summed E-state index contributed by atoms with van der Waals surface area (Å²) in [6.07, 6.45) is 0. The Kier molecular flexibility index (Phi) is 4.56. The second-order valence-electron chi connectivity index (χ2n) is 4.72. The fraction of sp³-hybridized carbons (Fsp3) is 0.400. The number of benzene rings is 1. The summed E-state index contributed by atoms with van der Waals surface area (Å²) in [5, 5.41) is 1.07. The summed E-state index contributed by atoms with van der Waals surface area (Å²) in [7, 11) is 0. The Morgan fingerprint density at radius 3 is 2.47 bits per heavy atom. The van der Waals surface area contributed by atoms with Crippen LogP contribution in [0.25, 0.3) is 11.3 Å². The number of hydrogen-bond acceptors (Lipinski definition) is 4. The van der Waals surface area contributed by atoms with Crippen molar-refractivity contribution in [2.75, 3.05) is 11.4 Å². The summed E-state index contributed by atoms with van der Waals surface area (Å²) in [5.74, 6) is 0. The first-order chi connectivity index (χ1) is 9.17. The molecule has 0 bridgehead atoms. The van der Waals surface area contributed by atoms with Crippen LogP contribution in [-0.2, 0) is 6.54 Å². The molecule has 0 radical (unpaired) electrons. The zero-order valence-corrected chi connectivity index (χ0v) is 12.6. The highest BCUT2D eigenvalue weighted by molar-refractivity contribution is 7.16. The molecule has 1 aromatic carbocycles. The molecule has 2 aromatic rings. The summed E-state index contributed by atoms with van der Waals surface area (Å²) >= 11 is 1.71. The Balaban J connectivity index is 2.43. The van der Waals surface area contributed by atoms with E-state index in [0.717, 1.165) is 27.8 Å². The van der Waals surface area contributed by atoms with Gasteiger partial charge in [-0.2, -0.15) is 0 Å². The third-order valence-electron chi connectivity index (χ3n) is 3.13. The first-order valence-electron chi connectivity index (χ1n) is 6.69. The standard InChI is InChI=1S/C15H21N3S/c1-4-18(11(2)3)15-17-14(13(10-16)19-15)12-8-6-5-7-9-12/h5-9,11H,4,10,16H2,1-3H3. The normalized spacial score (nSPS) is 11.0. The van der Waals surface area contributed by atoms with Gasteiger partial charge in [0.1, 0.15) is 0 Å². The molecule has 0 amide bonds. The van der Waals surface area contributed by atoms with Gasteiger partial charge in [-0.15, -0.1) is 0 Å². The van der Waals surface area contributed by atoms with Gasteiger partial charge in [-0.1, -0.05) is 41.7 Å². The van der Waals surface area contributed by atoms with Gasteiger partial charge in [-0.3, -0.25) is 0 Å². The monoisotopic (exact) mass is 275 g/mol. The van der Waals surface area contributed by atoms with Gasteiger partial charge in [0.15, 0.2) is 5.13 Å². The van der Waals surface area contributed by atoms with Gasteiger partial charge in [0.05, 0.1) is 5.69 Å². The van der Waals surface area contributed by atoms with Crippen molar-refractivity contribution in [2.45, 2.75) is 33.4 Å². The Morgan fingerprint density at radius 1 is 1.26 bits per heavy atom. The highest BCUT2D eigenvalue weighted by atomic mass is 32.1. The molecular weight excluding hydrogens is 254 g/mol. The minimum absolute atomic E-state index is 0.449. The molecule has 19 heavy (non-hydrogen) atoms. The predicted octanol–water partition coefficient (Wildman–Crippen LogP) is 3.50. The molecule has 1 aromatic heterocycles. The van der Waals surface area contributed by atoms with E-state index in [4.69, 9.17) is 10.7 Å².